The lowest BCUT2D eigenvalue weighted by atomic mass is 9.94. The van der Waals surface area contributed by atoms with Crippen molar-refractivity contribution in [2.24, 2.45) is 11.8 Å². The van der Waals surface area contributed by atoms with Crippen LogP contribution < -0.4 is 21.3 Å². The van der Waals surface area contributed by atoms with Gasteiger partial charge in [0.1, 0.15) is 24.2 Å². The summed E-state index contributed by atoms with van der Waals surface area (Å²) in [5, 5.41) is 11.0. The van der Waals surface area contributed by atoms with Crippen molar-refractivity contribution in [3.05, 3.63) is 48.0 Å². The van der Waals surface area contributed by atoms with Crippen molar-refractivity contribution >= 4 is 29.4 Å². The van der Waals surface area contributed by atoms with Crippen LogP contribution in [0, 0.1) is 11.8 Å². The van der Waals surface area contributed by atoms with Crippen molar-refractivity contribution in [1.82, 2.24) is 21.3 Å². The van der Waals surface area contributed by atoms with Crippen LogP contribution in [0.3, 0.4) is 0 Å². The van der Waals surface area contributed by atoms with Gasteiger partial charge >= 0.3 is 0 Å². The molecule has 2 rings (SSSR count). The van der Waals surface area contributed by atoms with Crippen LogP contribution in [0.5, 0.6) is 0 Å². The molecule has 0 aliphatic carbocycles. The molecule has 1 aromatic carbocycles. The van der Waals surface area contributed by atoms with Crippen molar-refractivity contribution in [1.29, 1.82) is 0 Å². The highest BCUT2D eigenvalue weighted by atomic mass is 16.2. The van der Waals surface area contributed by atoms with Gasteiger partial charge in [0.2, 0.25) is 23.6 Å². The largest absolute Gasteiger partial charge is 0.342 e. The number of carbonyl (C=O) groups excluding carboxylic acids is 5. The first-order chi connectivity index (χ1) is 17.1. The predicted octanol–water partition coefficient (Wildman–Crippen LogP) is 1.42. The first-order valence-electron chi connectivity index (χ1n) is 12.5. The summed E-state index contributed by atoms with van der Waals surface area (Å²) in [6.45, 7) is 8.80. The topological polar surface area (TPSA) is 133 Å². The lowest BCUT2D eigenvalue weighted by Crippen LogP contribution is -2.63. The highest BCUT2D eigenvalue weighted by Crippen LogP contribution is 2.14. The van der Waals surface area contributed by atoms with E-state index < -0.39 is 47.8 Å². The zero-order valence-electron chi connectivity index (χ0n) is 21.7. The Morgan fingerprint density at radius 2 is 1.33 bits per heavy atom. The Morgan fingerprint density at radius 3 is 1.86 bits per heavy atom. The van der Waals surface area contributed by atoms with Crippen LogP contribution in [-0.2, 0) is 30.4 Å². The van der Waals surface area contributed by atoms with Gasteiger partial charge in [-0.3, -0.25) is 24.0 Å². The maximum atomic E-state index is 13.4. The fourth-order valence-corrected chi connectivity index (χ4v) is 3.90. The van der Waals surface area contributed by atoms with E-state index in [1.807, 2.05) is 58.0 Å². The SMILES string of the molecule is CCC(C)C1NC(=O)C(Cc2ccccc2)NC(=O)C(/C=C/C(C)=O)NC(=O)C(C(C)CC)NC1=O. The maximum Gasteiger partial charge on any atom is 0.247 e. The fourth-order valence-electron chi connectivity index (χ4n) is 3.90. The average Bonchev–Trinajstić information content (AvgIpc) is 2.86. The first-order valence-corrected chi connectivity index (χ1v) is 12.5. The molecule has 6 unspecified atom stereocenters. The standard InChI is InChI=1S/C27H38N4O5/c1-6-16(3)22-26(35)28-20(14-13-18(5)32)24(33)29-21(15-19-11-9-8-10-12-19)25(34)30-23(17(4)7-2)27(36)31-22/h8-14,16-17,20-23H,6-7,15H2,1-5H3,(H,28,35)(H,29,33)(H,30,34)(H,31,36)/b14-13+. The normalized spacial score (nSPS) is 25.5. The number of carbonyl (C=O) groups is 5. The summed E-state index contributed by atoms with van der Waals surface area (Å²) in [5.74, 6) is -2.89. The Labute approximate surface area is 212 Å². The Balaban J connectivity index is 2.51. The van der Waals surface area contributed by atoms with E-state index in [0.717, 1.165) is 5.56 Å². The first kappa shape index (κ1) is 28.7. The molecule has 0 aromatic heterocycles. The van der Waals surface area contributed by atoms with E-state index in [1.165, 1.54) is 19.1 Å². The zero-order chi connectivity index (χ0) is 26.8. The monoisotopic (exact) mass is 498 g/mol. The van der Waals surface area contributed by atoms with E-state index in [9.17, 15) is 24.0 Å². The van der Waals surface area contributed by atoms with Gasteiger partial charge < -0.3 is 21.3 Å². The van der Waals surface area contributed by atoms with Crippen LogP contribution in [0.15, 0.2) is 42.5 Å². The van der Waals surface area contributed by atoms with Crippen LogP contribution >= 0.6 is 0 Å². The molecule has 196 valence electrons. The minimum Gasteiger partial charge on any atom is -0.342 e. The molecule has 0 radical (unpaired) electrons. The van der Waals surface area contributed by atoms with Crippen molar-refractivity contribution in [3.63, 3.8) is 0 Å². The quantitative estimate of drug-likeness (QED) is 0.402. The Kier molecular flexibility index (Phi) is 10.8. The molecule has 1 aliphatic heterocycles. The Morgan fingerprint density at radius 1 is 0.806 bits per heavy atom. The summed E-state index contributed by atoms with van der Waals surface area (Å²) >= 11 is 0. The molecule has 0 saturated carbocycles. The minimum absolute atomic E-state index is 0.180. The molecule has 1 fully saturated rings. The minimum atomic E-state index is -1.21. The van der Waals surface area contributed by atoms with Crippen LogP contribution in [0.2, 0.25) is 0 Å². The lowest BCUT2D eigenvalue weighted by Gasteiger charge is -2.32. The number of allylic oxidation sites excluding steroid dienone is 1. The summed E-state index contributed by atoms with van der Waals surface area (Å²) in [4.78, 5) is 64.8. The molecule has 0 spiro atoms. The summed E-state index contributed by atoms with van der Waals surface area (Å²) in [5.41, 5.74) is 0.811. The second-order valence-corrected chi connectivity index (χ2v) is 9.45. The molecule has 1 aliphatic rings. The number of benzene rings is 1. The number of ketones is 1. The van der Waals surface area contributed by atoms with Gasteiger partial charge in [-0.2, -0.15) is 0 Å². The zero-order valence-corrected chi connectivity index (χ0v) is 21.7. The molecular formula is C27H38N4O5. The van der Waals surface area contributed by atoms with E-state index in [-0.39, 0.29) is 24.0 Å². The van der Waals surface area contributed by atoms with Crippen molar-refractivity contribution < 1.29 is 24.0 Å². The lowest BCUT2D eigenvalue weighted by molar-refractivity contribution is -0.137. The maximum absolute atomic E-state index is 13.4. The van der Waals surface area contributed by atoms with E-state index in [0.29, 0.717) is 12.8 Å². The summed E-state index contributed by atoms with van der Waals surface area (Å²) in [6.07, 6.45) is 3.87. The highest BCUT2D eigenvalue weighted by molar-refractivity contribution is 5.99. The summed E-state index contributed by atoms with van der Waals surface area (Å²) in [6, 6.07) is 5.14. The highest BCUT2D eigenvalue weighted by Gasteiger charge is 2.36. The van der Waals surface area contributed by atoms with E-state index in [2.05, 4.69) is 21.3 Å². The molecule has 9 heteroatoms. The van der Waals surface area contributed by atoms with Gasteiger partial charge in [-0.1, -0.05) is 70.9 Å². The Bertz CT molecular complexity index is 978. The molecule has 36 heavy (non-hydrogen) atoms. The molecule has 6 atom stereocenters. The van der Waals surface area contributed by atoms with E-state index in [4.69, 9.17) is 0 Å². The average molecular weight is 499 g/mol. The predicted molar refractivity (Wildman–Crippen MR) is 137 cm³/mol. The van der Waals surface area contributed by atoms with Crippen LogP contribution in [0.25, 0.3) is 0 Å². The van der Waals surface area contributed by atoms with Gasteiger partial charge in [-0.15, -0.1) is 0 Å². The third-order valence-electron chi connectivity index (χ3n) is 6.61. The number of hydrogen-bond donors (Lipinski definition) is 4. The molecule has 4 N–H and O–H groups in total. The van der Waals surface area contributed by atoms with Crippen LogP contribution in [0.1, 0.15) is 53.0 Å². The molecule has 1 aromatic rings. The number of amides is 4. The molecule has 4 amide bonds. The number of nitrogens with one attached hydrogen (secondary N) is 4. The van der Waals surface area contributed by atoms with Gasteiger partial charge in [0.05, 0.1) is 0 Å². The van der Waals surface area contributed by atoms with Gasteiger partial charge in [0.15, 0.2) is 5.78 Å². The van der Waals surface area contributed by atoms with Crippen LogP contribution in [0.4, 0.5) is 0 Å². The van der Waals surface area contributed by atoms with E-state index in [1.54, 1.807) is 0 Å². The molecule has 0 bridgehead atoms. The summed E-state index contributed by atoms with van der Waals surface area (Å²) in [7, 11) is 0. The van der Waals surface area contributed by atoms with Crippen molar-refractivity contribution in [2.75, 3.05) is 0 Å². The van der Waals surface area contributed by atoms with Crippen molar-refractivity contribution in [3.8, 4) is 0 Å². The second kappa shape index (κ2) is 13.6. The molecular weight excluding hydrogens is 460 g/mol. The molecule has 9 nitrogen and oxygen atoms in total. The number of hydrogen-bond acceptors (Lipinski definition) is 5. The van der Waals surface area contributed by atoms with Crippen LogP contribution in [-0.4, -0.2) is 53.6 Å². The number of rotatable bonds is 8. The third-order valence-corrected chi connectivity index (χ3v) is 6.61. The smallest absolute Gasteiger partial charge is 0.247 e. The fraction of sp³-hybridized carbons (Fsp3) is 0.519. The molecule has 1 heterocycles. The van der Waals surface area contributed by atoms with Gasteiger partial charge in [-0.25, -0.2) is 0 Å². The summed E-state index contributed by atoms with van der Waals surface area (Å²) < 4.78 is 0. The van der Waals surface area contributed by atoms with Gasteiger partial charge in [0.25, 0.3) is 0 Å². The van der Waals surface area contributed by atoms with Crippen molar-refractivity contribution in [2.45, 2.75) is 78.0 Å². The third kappa shape index (κ3) is 8.03. The Hall–Kier alpha value is -3.49. The van der Waals surface area contributed by atoms with Gasteiger partial charge in [-0.05, 0) is 36.5 Å². The van der Waals surface area contributed by atoms with E-state index >= 15 is 0 Å². The van der Waals surface area contributed by atoms with Gasteiger partial charge in [0, 0.05) is 6.42 Å². The molecule has 1 saturated heterocycles. The second-order valence-electron chi connectivity index (χ2n) is 9.45.